The second kappa shape index (κ2) is 9.43. The van der Waals surface area contributed by atoms with Gasteiger partial charge in [-0.3, -0.25) is 14.3 Å². The molecule has 3 heterocycles. The fourth-order valence-electron chi connectivity index (χ4n) is 3.69. The van der Waals surface area contributed by atoms with E-state index in [1.54, 1.807) is 12.4 Å². The van der Waals surface area contributed by atoms with Gasteiger partial charge in [-0.25, -0.2) is 0 Å². The van der Waals surface area contributed by atoms with Crippen LogP contribution in [0.2, 0.25) is 0 Å². The van der Waals surface area contributed by atoms with E-state index in [1.807, 2.05) is 42.2 Å². The fourth-order valence-corrected chi connectivity index (χ4v) is 4.62. The molecule has 4 rings (SSSR count). The first kappa shape index (κ1) is 20.6. The van der Waals surface area contributed by atoms with Gasteiger partial charge in [0.2, 0.25) is 5.91 Å². The van der Waals surface area contributed by atoms with Crippen LogP contribution in [0.1, 0.15) is 32.3 Å². The van der Waals surface area contributed by atoms with Crippen LogP contribution >= 0.6 is 11.8 Å². The number of piperidine rings is 1. The molecule has 0 N–H and O–H groups in total. The summed E-state index contributed by atoms with van der Waals surface area (Å²) in [7, 11) is 0. The molecule has 1 aliphatic rings. The van der Waals surface area contributed by atoms with Crippen molar-refractivity contribution in [2.45, 2.75) is 43.6 Å². The Morgan fingerprint density at radius 3 is 2.60 bits per heavy atom. The zero-order valence-corrected chi connectivity index (χ0v) is 18.3. The SMILES string of the molecule is CC1CCN(C(=O)[C@@H](C)Sc2nnc(-c3cccnc3)n2Cc2ccccc2)CC1. The summed E-state index contributed by atoms with van der Waals surface area (Å²) < 4.78 is 2.08. The molecule has 156 valence electrons. The van der Waals surface area contributed by atoms with Crippen molar-refractivity contribution in [1.29, 1.82) is 0 Å². The van der Waals surface area contributed by atoms with Gasteiger partial charge in [0.05, 0.1) is 11.8 Å². The van der Waals surface area contributed by atoms with Gasteiger partial charge in [0.1, 0.15) is 0 Å². The van der Waals surface area contributed by atoms with Gasteiger partial charge in [0, 0.05) is 31.0 Å². The molecule has 0 unspecified atom stereocenters. The van der Waals surface area contributed by atoms with Gasteiger partial charge in [-0.05, 0) is 43.4 Å². The Morgan fingerprint density at radius 2 is 1.90 bits per heavy atom. The minimum Gasteiger partial charge on any atom is -0.342 e. The van der Waals surface area contributed by atoms with Crippen LogP contribution in [-0.4, -0.2) is 48.9 Å². The Balaban J connectivity index is 1.58. The van der Waals surface area contributed by atoms with Crippen molar-refractivity contribution in [3.8, 4) is 11.4 Å². The molecule has 0 bridgehead atoms. The maximum Gasteiger partial charge on any atom is 0.235 e. The monoisotopic (exact) mass is 421 g/mol. The fraction of sp³-hybridized carbons (Fsp3) is 0.391. The lowest BCUT2D eigenvalue weighted by Crippen LogP contribution is -2.41. The molecule has 1 amide bonds. The standard InChI is InChI=1S/C23H27N5OS/c1-17-10-13-27(14-11-17)22(29)18(2)30-23-26-25-21(20-9-6-12-24-15-20)28(23)16-19-7-4-3-5-8-19/h3-9,12,15,17-18H,10-11,13-14,16H2,1-2H3/t18-/m1/s1. The number of amides is 1. The summed E-state index contributed by atoms with van der Waals surface area (Å²) in [5, 5.41) is 9.43. The number of pyridine rings is 1. The molecule has 7 heteroatoms. The lowest BCUT2D eigenvalue weighted by Gasteiger charge is -2.32. The highest BCUT2D eigenvalue weighted by Gasteiger charge is 2.27. The molecule has 0 spiro atoms. The summed E-state index contributed by atoms with van der Waals surface area (Å²) in [5.74, 6) is 1.65. The molecule has 3 aromatic rings. The summed E-state index contributed by atoms with van der Waals surface area (Å²) in [6.07, 6.45) is 5.71. The van der Waals surface area contributed by atoms with Gasteiger partial charge in [0.15, 0.2) is 11.0 Å². The number of nitrogens with zero attached hydrogens (tertiary/aromatic N) is 5. The lowest BCUT2D eigenvalue weighted by atomic mass is 9.99. The zero-order chi connectivity index (χ0) is 20.9. The molecule has 1 aliphatic heterocycles. The largest absolute Gasteiger partial charge is 0.342 e. The van der Waals surface area contributed by atoms with Gasteiger partial charge in [-0.2, -0.15) is 0 Å². The highest BCUT2D eigenvalue weighted by molar-refractivity contribution is 8.00. The topological polar surface area (TPSA) is 63.9 Å². The van der Waals surface area contributed by atoms with Crippen LogP contribution < -0.4 is 0 Å². The molecular weight excluding hydrogens is 394 g/mol. The van der Waals surface area contributed by atoms with Gasteiger partial charge < -0.3 is 4.90 Å². The Bertz CT molecular complexity index is 968. The van der Waals surface area contributed by atoms with Gasteiger partial charge in [-0.15, -0.1) is 10.2 Å². The number of thioether (sulfide) groups is 1. The molecule has 30 heavy (non-hydrogen) atoms. The third-order valence-corrected chi connectivity index (χ3v) is 6.61. The van der Waals surface area contributed by atoms with Crippen molar-refractivity contribution in [1.82, 2.24) is 24.6 Å². The van der Waals surface area contributed by atoms with Crippen molar-refractivity contribution in [2.75, 3.05) is 13.1 Å². The van der Waals surface area contributed by atoms with Crippen LogP contribution in [0.3, 0.4) is 0 Å². The second-order valence-corrected chi connectivity index (χ2v) is 9.20. The van der Waals surface area contributed by atoms with E-state index in [0.717, 1.165) is 48.0 Å². The third-order valence-electron chi connectivity index (χ3n) is 5.55. The molecule has 1 aromatic carbocycles. The quantitative estimate of drug-likeness (QED) is 0.560. The predicted molar refractivity (Wildman–Crippen MR) is 119 cm³/mol. The van der Waals surface area contributed by atoms with Crippen molar-refractivity contribution < 1.29 is 4.79 Å². The van der Waals surface area contributed by atoms with Crippen LogP contribution in [0, 0.1) is 5.92 Å². The first-order valence-electron chi connectivity index (χ1n) is 10.4. The summed E-state index contributed by atoms with van der Waals surface area (Å²) in [6, 6.07) is 14.1. The Hall–Kier alpha value is -2.67. The van der Waals surface area contributed by atoms with E-state index < -0.39 is 0 Å². The Morgan fingerprint density at radius 1 is 1.13 bits per heavy atom. The van der Waals surface area contributed by atoms with Crippen molar-refractivity contribution in [3.05, 3.63) is 60.4 Å². The predicted octanol–water partition coefficient (Wildman–Crippen LogP) is 4.13. The van der Waals surface area contributed by atoms with Crippen molar-refractivity contribution in [3.63, 3.8) is 0 Å². The number of rotatable bonds is 6. The average Bonchev–Trinajstić information content (AvgIpc) is 3.17. The lowest BCUT2D eigenvalue weighted by molar-refractivity contribution is -0.131. The van der Waals surface area contributed by atoms with E-state index in [2.05, 4.69) is 38.8 Å². The van der Waals surface area contributed by atoms with Crippen LogP contribution in [0.15, 0.2) is 60.0 Å². The first-order valence-corrected chi connectivity index (χ1v) is 11.3. The number of hydrogen-bond acceptors (Lipinski definition) is 5. The van der Waals surface area contributed by atoms with Crippen LogP contribution in [0.25, 0.3) is 11.4 Å². The van der Waals surface area contributed by atoms with Crippen LogP contribution in [-0.2, 0) is 11.3 Å². The van der Waals surface area contributed by atoms with E-state index >= 15 is 0 Å². The molecule has 0 radical (unpaired) electrons. The van der Waals surface area contributed by atoms with Gasteiger partial charge in [0.25, 0.3) is 0 Å². The Labute approximate surface area is 181 Å². The minimum atomic E-state index is -0.209. The smallest absolute Gasteiger partial charge is 0.235 e. The number of likely N-dealkylation sites (tertiary alicyclic amines) is 1. The van der Waals surface area contributed by atoms with Crippen molar-refractivity contribution >= 4 is 17.7 Å². The van der Waals surface area contributed by atoms with Gasteiger partial charge >= 0.3 is 0 Å². The third kappa shape index (κ3) is 4.73. The molecule has 1 atom stereocenters. The van der Waals surface area contributed by atoms with Crippen molar-refractivity contribution in [2.24, 2.45) is 5.92 Å². The summed E-state index contributed by atoms with van der Waals surface area (Å²) in [6.45, 7) is 6.57. The molecule has 0 aliphatic carbocycles. The number of carbonyl (C=O) groups is 1. The first-order chi connectivity index (χ1) is 14.6. The van der Waals surface area contributed by atoms with E-state index in [-0.39, 0.29) is 11.2 Å². The number of hydrogen-bond donors (Lipinski definition) is 0. The molecule has 0 saturated carbocycles. The summed E-state index contributed by atoms with van der Waals surface area (Å²) in [5.41, 5.74) is 2.07. The summed E-state index contributed by atoms with van der Waals surface area (Å²) >= 11 is 1.49. The molecule has 2 aromatic heterocycles. The Kier molecular flexibility index (Phi) is 6.47. The highest BCUT2D eigenvalue weighted by atomic mass is 32.2. The second-order valence-electron chi connectivity index (χ2n) is 7.89. The number of benzene rings is 1. The summed E-state index contributed by atoms with van der Waals surface area (Å²) in [4.78, 5) is 19.2. The number of aromatic nitrogens is 4. The van der Waals surface area contributed by atoms with E-state index in [4.69, 9.17) is 0 Å². The van der Waals surface area contributed by atoms with E-state index in [1.165, 1.54) is 11.8 Å². The maximum atomic E-state index is 13.0. The molecule has 1 fully saturated rings. The highest BCUT2D eigenvalue weighted by Crippen LogP contribution is 2.29. The molecule has 6 nitrogen and oxygen atoms in total. The molecular formula is C23H27N5OS. The molecule has 1 saturated heterocycles. The van der Waals surface area contributed by atoms with E-state index in [9.17, 15) is 4.79 Å². The van der Waals surface area contributed by atoms with Crippen LogP contribution in [0.5, 0.6) is 0 Å². The maximum absolute atomic E-state index is 13.0. The normalized spacial score (nSPS) is 15.9. The van der Waals surface area contributed by atoms with Gasteiger partial charge in [-0.1, -0.05) is 49.0 Å². The zero-order valence-electron chi connectivity index (χ0n) is 17.4. The van der Waals surface area contributed by atoms with E-state index in [0.29, 0.717) is 12.5 Å². The average molecular weight is 422 g/mol. The minimum absolute atomic E-state index is 0.184. The van der Waals surface area contributed by atoms with Crippen LogP contribution in [0.4, 0.5) is 0 Å². The number of carbonyl (C=O) groups excluding carboxylic acids is 1.